The summed E-state index contributed by atoms with van der Waals surface area (Å²) in [6, 6.07) is 20.3. The monoisotopic (exact) mass is 907 g/mol. The normalized spacial score (nSPS) is 15.1. The molecule has 5 rings (SSSR count). The van der Waals surface area contributed by atoms with Crippen molar-refractivity contribution in [3.63, 3.8) is 0 Å². The molecule has 0 unspecified atom stereocenters. The lowest BCUT2D eigenvalue weighted by Gasteiger charge is -2.36. The van der Waals surface area contributed by atoms with Crippen molar-refractivity contribution >= 4 is 59.3 Å². The van der Waals surface area contributed by atoms with E-state index in [0.29, 0.717) is 11.1 Å². The van der Waals surface area contributed by atoms with Crippen LogP contribution in [0.25, 0.3) is 12.2 Å². The predicted octanol–water partition coefficient (Wildman–Crippen LogP) is 4.61. The molecule has 0 saturated carbocycles. The lowest BCUT2D eigenvalue weighted by Crippen LogP contribution is -2.59. The molecule has 0 radical (unpaired) electrons. The molecule has 1 fully saturated rings. The maximum absolute atomic E-state index is 15.0. The third-order valence-corrected chi connectivity index (χ3v) is 11.3. The minimum Gasteiger partial charge on any atom is -0.508 e. The molecular formula is C49H54ClN5O10. The number of phenols is 2. The Kier molecular flexibility index (Phi) is 17.7. The van der Waals surface area contributed by atoms with E-state index >= 15 is 4.79 Å². The molecule has 1 heterocycles. The Hall–Kier alpha value is -7.13. The summed E-state index contributed by atoms with van der Waals surface area (Å²) >= 11 is 6.65. The van der Waals surface area contributed by atoms with Gasteiger partial charge in [0.25, 0.3) is 0 Å². The highest BCUT2D eigenvalue weighted by Crippen LogP contribution is 2.37. The second-order valence-corrected chi connectivity index (χ2v) is 15.8. The zero-order valence-corrected chi connectivity index (χ0v) is 37.4. The van der Waals surface area contributed by atoms with Gasteiger partial charge in [-0.1, -0.05) is 110 Å². The average Bonchev–Trinajstić information content (AvgIpc) is 3.31. The van der Waals surface area contributed by atoms with E-state index in [4.69, 9.17) is 21.1 Å². The Morgan fingerprint density at radius 2 is 1.48 bits per heavy atom. The summed E-state index contributed by atoms with van der Waals surface area (Å²) in [5.41, 5.74) is 3.17. The van der Waals surface area contributed by atoms with Crippen molar-refractivity contribution in [1.82, 2.24) is 25.8 Å². The number of esters is 1. The van der Waals surface area contributed by atoms with Gasteiger partial charge in [-0.3, -0.25) is 24.0 Å². The highest BCUT2D eigenvalue weighted by atomic mass is 35.5. The number of aromatic hydroxyl groups is 2. The first-order chi connectivity index (χ1) is 31.2. The number of carbonyl (C=O) groups excluding carboxylic acids is 6. The molecule has 15 nitrogen and oxygen atoms in total. The first-order valence-corrected chi connectivity index (χ1v) is 21.5. The van der Waals surface area contributed by atoms with Crippen LogP contribution in [0.15, 0.2) is 103 Å². The maximum Gasteiger partial charge on any atom is 0.329 e. The van der Waals surface area contributed by atoms with Crippen LogP contribution in [0.5, 0.6) is 17.2 Å². The number of rotatable bonds is 20. The molecule has 4 atom stereocenters. The number of nitrogens with one attached hydrogen (secondary N) is 3. The van der Waals surface area contributed by atoms with Crippen LogP contribution in [0.3, 0.4) is 0 Å². The Morgan fingerprint density at radius 3 is 2.15 bits per heavy atom. The first kappa shape index (κ1) is 48.9. The molecular weight excluding hydrogens is 854 g/mol. The van der Waals surface area contributed by atoms with Crippen molar-refractivity contribution in [3.05, 3.63) is 136 Å². The van der Waals surface area contributed by atoms with Crippen LogP contribution in [0, 0.1) is 0 Å². The van der Waals surface area contributed by atoms with Crippen molar-refractivity contribution in [3.8, 4) is 17.2 Å². The minimum absolute atomic E-state index is 0.00368. The molecule has 1 aliphatic heterocycles. The van der Waals surface area contributed by atoms with Gasteiger partial charge in [-0.15, -0.1) is 0 Å². The standard InChI is InChI=1S/C49H54ClN5O10/c1-5-6-8-15-33-16-11-12-17-34(33)21-25-42(57)52-37(26-32-18-22-36(56)23-19-32)47(61)54(2)39(28-35-20-24-41(64-4)45(59)44(35)50)48(62)55(3)40(27-31-13-9-7-10-14-31)49(63)65-30-38-46(60)51-29-43(58)53-38/h7-25,37-40,56,59H,5-6,26-30H2,1-4H3,(H,51,60)(H,52,57)(H,53,58)/t37-,38-,39+,40+/m1/s1. The van der Waals surface area contributed by atoms with Gasteiger partial charge in [-0.2, -0.15) is 0 Å². The molecule has 65 heavy (non-hydrogen) atoms. The van der Waals surface area contributed by atoms with Gasteiger partial charge in [-0.25, -0.2) is 4.79 Å². The molecule has 4 aromatic carbocycles. The quantitative estimate of drug-likeness (QED) is 0.0616. The van der Waals surface area contributed by atoms with Crippen molar-refractivity contribution < 1.29 is 48.5 Å². The highest BCUT2D eigenvalue weighted by Gasteiger charge is 2.39. The zero-order chi connectivity index (χ0) is 47.0. The van der Waals surface area contributed by atoms with Gasteiger partial charge < -0.3 is 45.4 Å². The molecule has 1 saturated heterocycles. The molecule has 342 valence electrons. The van der Waals surface area contributed by atoms with Gasteiger partial charge in [0.15, 0.2) is 11.5 Å². The number of amides is 5. The lowest BCUT2D eigenvalue weighted by atomic mass is 9.98. The second kappa shape index (κ2) is 23.5. The largest absolute Gasteiger partial charge is 0.508 e. The number of piperazine rings is 1. The van der Waals surface area contributed by atoms with Gasteiger partial charge in [0.1, 0.15) is 36.5 Å². The van der Waals surface area contributed by atoms with Crippen molar-refractivity contribution in [2.45, 2.75) is 63.2 Å². The van der Waals surface area contributed by atoms with Crippen LogP contribution in [0.4, 0.5) is 0 Å². The number of phenolic OH excluding ortho intramolecular Hbond substituents is 2. The van der Waals surface area contributed by atoms with Crippen LogP contribution in [-0.2, 0) is 52.8 Å². The van der Waals surface area contributed by atoms with E-state index < -0.39 is 72.0 Å². The van der Waals surface area contributed by atoms with Crippen molar-refractivity contribution in [2.24, 2.45) is 0 Å². The molecule has 1 aliphatic rings. The fourth-order valence-corrected chi connectivity index (χ4v) is 7.37. The lowest BCUT2D eigenvalue weighted by molar-refractivity contribution is -0.158. The fourth-order valence-electron chi connectivity index (χ4n) is 7.14. The topological polar surface area (TPSA) is 204 Å². The number of unbranched alkanes of at least 4 members (excludes halogenated alkanes) is 1. The van der Waals surface area contributed by atoms with Crippen molar-refractivity contribution in [2.75, 3.05) is 34.4 Å². The molecule has 16 heteroatoms. The summed E-state index contributed by atoms with van der Waals surface area (Å²) in [7, 11) is 4.11. The highest BCUT2D eigenvalue weighted by molar-refractivity contribution is 6.33. The number of methoxy groups -OCH3 is 1. The number of halogens is 1. The summed E-state index contributed by atoms with van der Waals surface area (Å²) < 4.78 is 10.8. The Labute approximate surface area is 383 Å². The first-order valence-electron chi connectivity index (χ1n) is 21.1. The van der Waals surface area contributed by atoms with Crippen LogP contribution in [-0.4, -0.2) is 114 Å². The molecule has 4 aromatic rings. The summed E-state index contributed by atoms with van der Waals surface area (Å²) in [5.74, 6) is -4.26. The number of ether oxygens (including phenoxy) is 2. The van der Waals surface area contributed by atoms with E-state index in [1.54, 1.807) is 48.5 Å². The number of likely N-dealkylation sites (N-methyl/N-ethyl adjacent to an activating group) is 2. The summed E-state index contributed by atoms with van der Waals surface area (Å²) in [6.07, 6.45) is 8.50. The molecule has 0 spiro atoms. The molecule has 5 N–H and O–H groups in total. The summed E-state index contributed by atoms with van der Waals surface area (Å²) in [4.78, 5) is 84.4. The van der Waals surface area contributed by atoms with Gasteiger partial charge in [0.05, 0.1) is 18.7 Å². The summed E-state index contributed by atoms with van der Waals surface area (Å²) in [5, 5.41) is 28.4. The fraction of sp³-hybridized carbons (Fsp3) is 0.306. The molecule has 0 aromatic heterocycles. The van der Waals surface area contributed by atoms with Gasteiger partial charge in [0, 0.05) is 39.4 Å². The van der Waals surface area contributed by atoms with Crippen LogP contribution in [0.2, 0.25) is 5.02 Å². The van der Waals surface area contributed by atoms with E-state index in [9.17, 15) is 34.2 Å². The number of benzene rings is 4. The van der Waals surface area contributed by atoms with Crippen LogP contribution >= 0.6 is 11.6 Å². The second-order valence-electron chi connectivity index (χ2n) is 15.5. The minimum atomic E-state index is -1.41. The zero-order valence-electron chi connectivity index (χ0n) is 36.7. The number of nitrogens with zero attached hydrogens (tertiary/aromatic N) is 2. The maximum atomic E-state index is 15.0. The molecule has 0 bridgehead atoms. The van der Waals surface area contributed by atoms with E-state index in [0.717, 1.165) is 33.8 Å². The summed E-state index contributed by atoms with van der Waals surface area (Å²) in [6.45, 7) is 1.34. The molecule has 0 aliphatic carbocycles. The van der Waals surface area contributed by atoms with Crippen LogP contribution < -0.4 is 20.7 Å². The van der Waals surface area contributed by atoms with Gasteiger partial charge in [0.2, 0.25) is 29.5 Å². The SMILES string of the molecule is CCCC=Cc1ccccc1C=CC(=O)N[C@H](Cc1ccc(O)cc1)C(=O)N(C)[C@@H](Cc1ccc(OC)c(O)c1Cl)C(=O)N(C)[C@@H](Cc1ccccc1)C(=O)OC[C@H]1NC(=O)CNC1=O. The third-order valence-electron chi connectivity index (χ3n) is 10.9. The molecule has 5 amide bonds. The van der Waals surface area contributed by atoms with E-state index in [1.807, 2.05) is 30.3 Å². The number of carbonyl (C=O) groups is 6. The van der Waals surface area contributed by atoms with Crippen LogP contribution in [0.1, 0.15) is 47.6 Å². The Morgan fingerprint density at radius 1 is 0.831 bits per heavy atom. The van der Waals surface area contributed by atoms with Gasteiger partial charge >= 0.3 is 5.97 Å². The average molecular weight is 908 g/mol. The number of allylic oxidation sites excluding steroid dienone is 1. The van der Waals surface area contributed by atoms with Gasteiger partial charge in [-0.05, 0) is 58.5 Å². The van der Waals surface area contributed by atoms with E-state index in [-0.39, 0.29) is 47.9 Å². The van der Waals surface area contributed by atoms with E-state index in [2.05, 4.69) is 29.0 Å². The van der Waals surface area contributed by atoms with Crippen molar-refractivity contribution in [1.29, 1.82) is 0 Å². The Balaban J connectivity index is 1.50. The number of hydrogen-bond acceptors (Lipinski definition) is 10. The third kappa shape index (κ3) is 13.4. The number of hydrogen-bond donors (Lipinski definition) is 5. The predicted molar refractivity (Wildman–Crippen MR) is 246 cm³/mol. The smallest absolute Gasteiger partial charge is 0.329 e. The van der Waals surface area contributed by atoms with E-state index in [1.165, 1.54) is 51.5 Å². The Bertz CT molecular complexity index is 2390.